The van der Waals surface area contributed by atoms with E-state index < -0.39 is 0 Å². The molecule has 2 bridgehead atoms. The SMILES string of the molecule is CCCCOCCNC(=NC)NC1CC2CCC1O2. The summed E-state index contributed by atoms with van der Waals surface area (Å²) in [7, 11) is 1.81. The van der Waals surface area contributed by atoms with Crippen molar-refractivity contribution in [1.82, 2.24) is 10.6 Å². The Labute approximate surface area is 116 Å². The normalized spacial score (nSPS) is 29.8. The summed E-state index contributed by atoms with van der Waals surface area (Å²) in [5.74, 6) is 0.861. The van der Waals surface area contributed by atoms with Gasteiger partial charge in [-0.1, -0.05) is 13.3 Å². The molecule has 110 valence electrons. The number of rotatable bonds is 7. The predicted molar refractivity (Wildman–Crippen MR) is 76.5 cm³/mol. The molecule has 2 heterocycles. The molecular formula is C14H27N3O2. The summed E-state index contributed by atoms with van der Waals surface area (Å²) in [6, 6.07) is 0.422. The minimum absolute atomic E-state index is 0.379. The molecule has 0 aromatic rings. The number of aliphatic imine (C=N–C) groups is 1. The summed E-state index contributed by atoms with van der Waals surface area (Å²) in [5.41, 5.74) is 0. The zero-order valence-corrected chi connectivity index (χ0v) is 12.2. The average Bonchev–Trinajstić information content (AvgIpc) is 3.03. The van der Waals surface area contributed by atoms with Gasteiger partial charge in [0, 0.05) is 20.2 Å². The van der Waals surface area contributed by atoms with Crippen molar-refractivity contribution in [2.75, 3.05) is 26.8 Å². The number of nitrogens with one attached hydrogen (secondary N) is 2. The molecule has 0 aromatic heterocycles. The van der Waals surface area contributed by atoms with E-state index in [-0.39, 0.29) is 0 Å². The first-order valence-corrected chi connectivity index (χ1v) is 7.54. The van der Waals surface area contributed by atoms with Crippen molar-refractivity contribution >= 4 is 5.96 Å². The van der Waals surface area contributed by atoms with Crippen LogP contribution in [0.25, 0.3) is 0 Å². The van der Waals surface area contributed by atoms with Gasteiger partial charge < -0.3 is 20.1 Å². The molecule has 0 saturated carbocycles. The first-order chi connectivity index (χ1) is 9.33. The summed E-state index contributed by atoms with van der Waals surface area (Å²) in [6.45, 7) is 4.55. The van der Waals surface area contributed by atoms with Gasteiger partial charge in [-0.2, -0.15) is 0 Å². The second-order valence-electron chi connectivity index (χ2n) is 5.33. The van der Waals surface area contributed by atoms with Gasteiger partial charge in [0.15, 0.2) is 5.96 Å². The number of hydrogen-bond donors (Lipinski definition) is 2. The Balaban J connectivity index is 1.59. The molecule has 2 fully saturated rings. The zero-order valence-electron chi connectivity index (χ0n) is 12.2. The lowest BCUT2D eigenvalue weighted by atomic mass is 9.96. The van der Waals surface area contributed by atoms with Crippen LogP contribution in [0.2, 0.25) is 0 Å². The molecule has 3 atom stereocenters. The highest BCUT2D eigenvalue weighted by molar-refractivity contribution is 5.80. The third-order valence-electron chi connectivity index (χ3n) is 3.83. The van der Waals surface area contributed by atoms with E-state index in [1.165, 1.54) is 19.3 Å². The van der Waals surface area contributed by atoms with Crippen LogP contribution in [0, 0.1) is 0 Å². The molecule has 2 N–H and O–H groups in total. The van der Waals surface area contributed by atoms with Crippen LogP contribution in [-0.2, 0) is 9.47 Å². The highest BCUT2D eigenvalue weighted by Crippen LogP contribution is 2.34. The van der Waals surface area contributed by atoms with Crippen molar-refractivity contribution < 1.29 is 9.47 Å². The number of ether oxygens (including phenoxy) is 2. The fourth-order valence-electron chi connectivity index (χ4n) is 2.75. The van der Waals surface area contributed by atoms with E-state index in [4.69, 9.17) is 9.47 Å². The molecule has 2 rings (SSSR count). The van der Waals surface area contributed by atoms with E-state index in [0.717, 1.165) is 38.6 Å². The molecule has 2 saturated heterocycles. The van der Waals surface area contributed by atoms with Crippen LogP contribution in [0.3, 0.4) is 0 Å². The van der Waals surface area contributed by atoms with Crippen molar-refractivity contribution in [2.24, 2.45) is 4.99 Å². The van der Waals surface area contributed by atoms with Gasteiger partial charge in [0.1, 0.15) is 0 Å². The lowest BCUT2D eigenvalue weighted by Crippen LogP contribution is -2.48. The Morgan fingerprint density at radius 2 is 2.26 bits per heavy atom. The van der Waals surface area contributed by atoms with E-state index in [0.29, 0.717) is 18.2 Å². The minimum atomic E-state index is 0.379. The van der Waals surface area contributed by atoms with Crippen molar-refractivity contribution in [3.05, 3.63) is 0 Å². The lowest BCUT2D eigenvalue weighted by Gasteiger charge is -2.22. The van der Waals surface area contributed by atoms with Crippen LogP contribution in [0.15, 0.2) is 4.99 Å². The highest BCUT2D eigenvalue weighted by atomic mass is 16.5. The maximum Gasteiger partial charge on any atom is 0.191 e. The largest absolute Gasteiger partial charge is 0.380 e. The van der Waals surface area contributed by atoms with Gasteiger partial charge in [0.25, 0.3) is 0 Å². The summed E-state index contributed by atoms with van der Waals surface area (Å²) in [6.07, 6.45) is 6.68. The maximum atomic E-state index is 5.83. The van der Waals surface area contributed by atoms with Crippen LogP contribution in [0.4, 0.5) is 0 Å². The second kappa shape index (κ2) is 7.70. The fraction of sp³-hybridized carbons (Fsp3) is 0.929. The van der Waals surface area contributed by atoms with Crippen LogP contribution in [0.1, 0.15) is 39.0 Å². The molecule has 0 aliphatic carbocycles. The van der Waals surface area contributed by atoms with E-state index in [1.54, 1.807) is 7.05 Å². The third-order valence-corrected chi connectivity index (χ3v) is 3.83. The molecular weight excluding hydrogens is 242 g/mol. The second-order valence-corrected chi connectivity index (χ2v) is 5.33. The first-order valence-electron chi connectivity index (χ1n) is 7.54. The Kier molecular flexibility index (Phi) is 5.92. The smallest absolute Gasteiger partial charge is 0.191 e. The third kappa shape index (κ3) is 4.35. The van der Waals surface area contributed by atoms with Gasteiger partial charge in [0.2, 0.25) is 0 Å². The summed E-state index contributed by atoms with van der Waals surface area (Å²) < 4.78 is 11.3. The Morgan fingerprint density at radius 1 is 1.37 bits per heavy atom. The molecule has 5 nitrogen and oxygen atoms in total. The number of guanidine groups is 1. The van der Waals surface area contributed by atoms with Gasteiger partial charge in [0.05, 0.1) is 24.9 Å². The first kappa shape index (κ1) is 14.6. The van der Waals surface area contributed by atoms with E-state index in [1.807, 2.05) is 0 Å². The minimum Gasteiger partial charge on any atom is -0.380 e. The standard InChI is InChI=1S/C14H27N3O2/c1-3-4-8-18-9-7-16-14(15-2)17-12-10-11-5-6-13(12)19-11/h11-13H,3-10H2,1-2H3,(H2,15,16,17). The lowest BCUT2D eigenvalue weighted by molar-refractivity contribution is 0.0991. The summed E-state index contributed by atoms with van der Waals surface area (Å²) in [5, 5.41) is 6.75. The van der Waals surface area contributed by atoms with Crippen LogP contribution in [-0.4, -0.2) is 51.0 Å². The summed E-state index contributed by atoms with van der Waals surface area (Å²) >= 11 is 0. The van der Waals surface area contributed by atoms with Crippen LogP contribution >= 0.6 is 0 Å². The van der Waals surface area contributed by atoms with Crippen molar-refractivity contribution in [1.29, 1.82) is 0 Å². The monoisotopic (exact) mass is 269 g/mol. The van der Waals surface area contributed by atoms with Gasteiger partial charge >= 0.3 is 0 Å². The Morgan fingerprint density at radius 3 is 2.89 bits per heavy atom. The topological polar surface area (TPSA) is 54.9 Å². The molecule has 2 aliphatic heterocycles. The molecule has 3 unspecified atom stereocenters. The fourth-order valence-corrected chi connectivity index (χ4v) is 2.75. The Hall–Kier alpha value is -0.810. The quantitative estimate of drug-likeness (QED) is 0.415. The number of nitrogens with zero attached hydrogens (tertiary/aromatic N) is 1. The highest BCUT2D eigenvalue weighted by Gasteiger charge is 2.40. The number of fused-ring (bicyclic) bond motifs is 2. The molecule has 19 heavy (non-hydrogen) atoms. The molecule has 0 spiro atoms. The predicted octanol–water partition coefficient (Wildman–Crippen LogP) is 1.29. The van der Waals surface area contributed by atoms with Crippen LogP contribution < -0.4 is 10.6 Å². The summed E-state index contributed by atoms with van der Waals surface area (Å²) in [4.78, 5) is 4.25. The zero-order chi connectivity index (χ0) is 13.5. The molecule has 5 heteroatoms. The van der Waals surface area contributed by atoms with E-state index >= 15 is 0 Å². The van der Waals surface area contributed by atoms with E-state index in [9.17, 15) is 0 Å². The van der Waals surface area contributed by atoms with Crippen molar-refractivity contribution in [3.8, 4) is 0 Å². The molecule has 0 radical (unpaired) electrons. The molecule has 2 aliphatic rings. The van der Waals surface area contributed by atoms with Gasteiger partial charge in [-0.3, -0.25) is 4.99 Å². The Bertz CT molecular complexity index is 296. The van der Waals surface area contributed by atoms with Gasteiger partial charge in [-0.05, 0) is 25.7 Å². The molecule has 0 aromatic carbocycles. The number of unbranched alkanes of at least 4 members (excludes halogenated alkanes) is 1. The molecule has 0 amide bonds. The van der Waals surface area contributed by atoms with Gasteiger partial charge in [-0.15, -0.1) is 0 Å². The van der Waals surface area contributed by atoms with E-state index in [2.05, 4.69) is 22.5 Å². The average molecular weight is 269 g/mol. The maximum absolute atomic E-state index is 5.83. The van der Waals surface area contributed by atoms with Crippen molar-refractivity contribution in [2.45, 2.75) is 57.3 Å². The van der Waals surface area contributed by atoms with Crippen LogP contribution in [0.5, 0.6) is 0 Å². The van der Waals surface area contributed by atoms with Gasteiger partial charge in [-0.25, -0.2) is 0 Å². The van der Waals surface area contributed by atoms with Crippen molar-refractivity contribution in [3.63, 3.8) is 0 Å². The number of hydrogen-bond acceptors (Lipinski definition) is 3.